The summed E-state index contributed by atoms with van der Waals surface area (Å²) in [6, 6.07) is 7.33. The number of nitrogens with zero attached hydrogens (tertiary/aromatic N) is 1. The smallest absolute Gasteiger partial charge is 0.307 e. The normalized spacial score (nSPS) is 14.4. The highest BCUT2D eigenvalue weighted by molar-refractivity contribution is 5.70. The van der Waals surface area contributed by atoms with Crippen molar-refractivity contribution in [2.24, 2.45) is 5.92 Å². The van der Waals surface area contributed by atoms with Crippen molar-refractivity contribution in [3.05, 3.63) is 29.8 Å². The molecule has 0 saturated heterocycles. The molecule has 0 radical (unpaired) electrons. The molecule has 21 heavy (non-hydrogen) atoms. The first-order valence-corrected chi connectivity index (χ1v) is 7.83. The number of carbonyl (C=O) groups is 1. The molecule has 0 aliphatic heterocycles. The van der Waals surface area contributed by atoms with Gasteiger partial charge in [0, 0.05) is 13.1 Å². The van der Waals surface area contributed by atoms with Crippen LogP contribution in [0.2, 0.25) is 0 Å². The van der Waals surface area contributed by atoms with Gasteiger partial charge in [0.1, 0.15) is 12.4 Å². The molecule has 0 unspecified atom stereocenters. The molecule has 0 atom stereocenters. The van der Waals surface area contributed by atoms with Crippen molar-refractivity contribution in [1.82, 2.24) is 4.90 Å². The maximum atomic E-state index is 10.6. The van der Waals surface area contributed by atoms with Gasteiger partial charge in [0.2, 0.25) is 0 Å². The summed E-state index contributed by atoms with van der Waals surface area (Å²) in [4.78, 5) is 13.1. The van der Waals surface area contributed by atoms with Crippen LogP contribution in [0.25, 0.3) is 0 Å². The summed E-state index contributed by atoms with van der Waals surface area (Å²) in [5, 5.41) is 8.73. The van der Waals surface area contributed by atoms with Crippen molar-refractivity contribution in [2.45, 2.75) is 32.6 Å². The molecule has 1 aromatic rings. The van der Waals surface area contributed by atoms with E-state index in [1.165, 1.54) is 25.8 Å². The molecule has 116 valence electrons. The zero-order valence-electron chi connectivity index (χ0n) is 12.8. The molecule has 0 spiro atoms. The number of rotatable bonds is 10. The lowest BCUT2D eigenvalue weighted by Gasteiger charge is -2.21. The van der Waals surface area contributed by atoms with Crippen molar-refractivity contribution in [3.8, 4) is 5.75 Å². The van der Waals surface area contributed by atoms with E-state index in [0.717, 1.165) is 30.3 Å². The average molecular weight is 291 g/mol. The fourth-order valence-electron chi connectivity index (χ4n) is 2.45. The maximum Gasteiger partial charge on any atom is 0.307 e. The number of benzene rings is 1. The van der Waals surface area contributed by atoms with Gasteiger partial charge in [-0.15, -0.1) is 0 Å². The molecule has 0 bridgehead atoms. The van der Waals surface area contributed by atoms with Gasteiger partial charge in [0.15, 0.2) is 0 Å². The van der Waals surface area contributed by atoms with Crippen molar-refractivity contribution >= 4 is 5.97 Å². The number of ether oxygens (including phenoxy) is 1. The van der Waals surface area contributed by atoms with Crippen molar-refractivity contribution in [2.75, 3.05) is 26.2 Å². The zero-order chi connectivity index (χ0) is 15.1. The highest BCUT2D eigenvalue weighted by Crippen LogP contribution is 2.29. The van der Waals surface area contributed by atoms with Gasteiger partial charge in [-0.25, -0.2) is 0 Å². The Morgan fingerprint density at radius 1 is 1.29 bits per heavy atom. The first-order chi connectivity index (χ1) is 10.2. The molecule has 2 rings (SSSR count). The number of carboxylic acid groups (broad SMARTS) is 1. The minimum atomic E-state index is -0.807. The van der Waals surface area contributed by atoms with Gasteiger partial charge >= 0.3 is 5.97 Å². The Morgan fingerprint density at radius 3 is 2.57 bits per heavy atom. The summed E-state index contributed by atoms with van der Waals surface area (Å²) < 4.78 is 5.76. The molecule has 1 aliphatic carbocycles. The van der Waals surface area contributed by atoms with Crippen LogP contribution >= 0.6 is 0 Å². The van der Waals surface area contributed by atoms with E-state index >= 15 is 0 Å². The fourth-order valence-corrected chi connectivity index (χ4v) is 2.45. The molecule has 0 aromatic heterocycles. The van der Waals surface area contributed by atoms with Crippen molar-refractivity contribution in [1.29, 1.82) is 0 Å². The van der Waals surface area contributed by atoms with E-state index in [1.807, 2.05) is 24.3 Å². The molecule has 4 nitrogen and oxygen atoms in total. The molecular weight excluding hydrogens is 266 g/mol. The van der Waals surface area contributed by atoms with Gasteiger partial charge < -0.3 is 9.84 Å². The third-order valence-electron chi connectivity index (χ3n) is 3.71. The molecule has 4 heteroatoms. The second-order valence-corrected chi connectivity index (χ2v) is 5.81. The van der Waals surface area contributed by atoms with Crippen LogP contribution < -0.4 is 4.74 Å². The summed E-state index contributed by atoms with van der Waals surface area (Å²) in [6.45, 7) is 6.19. The third kappa shape index (κ3) is 6.17. The predicted octanol–water partition coefficient (Wildman–Crippen LogP) is 2.81. The predicted molar refractivity (Wildman–Crippen MR) is 82.7 cm³/mol. The Morgan fingerprint density at radius 2 is 2.00 bits per heavy atom. The van der Waals surface area contributed by atoms with E-state index in [0.29, 0.717) is 6.61 Å². The van der Waals surface area contributed by atoms with Crippen LogP contribution in [-0.4, -0.2) is 42.2 Å². The second kappa shape index (κ2) is 8.03. The number of hydrogen-bond acceptors (Lipinski definition) is 3. The first-order valence-electron chi connectivity index (χ1n) is 7.83. The van der Waals surface area contributed by atoms with Crippen LogP contribution in [0.15, 0.2) is 24.3 Å². The van der Waals surface area contributed by atoms with Gasteiger partial charge in [-0.1, -0.05) is 19.1 Å². The van der Waals surface area contributed by atoms with Crippen LogP contribution in [-0.2, 0) is 11.2 Å². The minimum Gasteiger partial charge on any atom is -0.492 e. The van der Waals surface area contributed by atoms with Crippen molar-refractivity contribution < 1.29 is 14.6 Å². The van der Waals surface area contributed by atoms with Gasteiger partial charge in [0.25, 0.3) is 0 Å². The Balaban J connectivity index is 1.72. The molecule has 1 saturated carbocycles. The van der Waals surface area contributed by atoms with Crippen LogP contribution in [0.3, 0.4) is 0 Å². The fraction of sp³-hybridized carbons (Fsp3) is 0.588. The summed E-state index contributed by atoms with van der Waals surface area (Å²) in [5.41, 5.74) is 0.802. The lowest BCUT2D eigenvalue weighted by atomic mass is 10.1. The van der Waals surface area contributed by atoms with Crippen LogP contribution in [0.4, 0.5) is 0 Å². The summed E-state index contributed by atoms with van der Waals surface area (Å²) in [7, 11) is 0. The Bertz CT molecular complexity index is 440. The van der Waals surface area contributed by atoms with E-state index in [9.17, 15) is 4.79 Å². The van der Waals surface area contributed by atoms with Crippen molar-refractivity contribution in [3.63, 3.8) is 0 Å². The number of hydrogen-bond donors (Lipinski definition) is 1. The Kier molecular flexibility index (Phi) is 6.05. The topological polar surface area (TPSA) is 49.8 Å². The van der Waals surface area contributed by atoms with Gasteiger partial charge in [-0.3, -0.25) is 9.69 Å². The minimum absolute atomic E-state index is 0.0615. The van der Waals surface area contributed by atoms with Gasteiger partial charge in [0.05, 0.1) is 6.42 Å². The van der Waals surface area contributed by atoms with Crippen LogP contribution in [0.5, 0.6) is 5.75 Å². The van der Waals surface area contributed by atoms with E-state index in [1.54, 1.807) is 0 Å². The molecular formula is C17H25NO3. The highest BCUT2D eigenvalue weighted by atomic mass is 16.5. The van der Waals surface area contributed by atoms with E-state index in [4.69, 9.17) is 9.84 Å². The largest absolute Gasteiger partial charge is 0.492 e. The SMILES string of the molecule is CCCN(CCOc1ccc(CC(=O)O)cc1)CC1CC1. The molecule has 0 heterocycles. The van der Waals surface area contributed by atoms with E-state index in [2.05, 4.69) is 11.8 Å². The first kappa shape index (κ1) is 15.8. The lowest BCUT2D eigenvalue weighted by Crippen LogP contribution is -2.31. The summed E-state index contributed by atoms with van der Waals surface area (Å²) >= 11 is 0. The summed E-state index contributed by atoms with van der Waals surface area (Å²) in [6.07, 6.45) is 4.00. The summed E-state index contributed by atoms with van der Waals surface area (Å²) in [5.74, 6) is 0.915. The number of aliphatic carboxylic acids is 1. The second-order valence-electron chi connectivity index (χ2n) is 5.81. The zero-order valence-corrected chi connectivity index (χ0v) is 12.8. The van der Waals surface area contributed by atoms with Crippen LogP contribution in [0, 0.1) is 5.92 Å². The van der Waals surface area contributed by atoms with Crippen LogP contribution in [0.1, 0.15) is 31.7 Å². The molecule has 1 aliphatic rings. The molecule has 1 N–H and O–H groups in total. The molecule has 1 aromatic carbocycles. The van der Waals surface area contributed by atoms with Gasteiger partial charge in [-0.2, -0.15) is 0 Å². The van der Waals surface area contributed by atoms with E-state index < -0.39 is 5.97 Å². The average Bonchev–Trinajstić information content (AvgIpc) is 3.24. The quantitative estimate of drug-likeness (QED) is 0.720. The maximum absolute atomic E-state index is 10.6. The highest BCUT2D eigenvalue weighted by Gasteiger charge is 2.23. The lowest BCUT2D eigenvalue weighted by molar-refractivity contribution is -0.136. The Labute approximate surface area is 126 Å². The monoisotopic (exact) mass is 291 g/mol. The molecule has 1 fully saturated rings. The third-order valence-corrected chi connectivity index (χ3v) is 3.71. The number of carboxylic acids is 1. The standard InChI is InChI=1S/C17H25NO3/c1-2-9-18(13-15-3-4-15)10-11-21-16-7-5-14(6-8-16)12-17(19)20/h5-8,15H,2-4,9-13H2,1H3,(H,19,20). The molecule has 0 amide bonds. The Hall–Kier alpha value is -1.55. The van der Waals surface area contributed by atoms with E-state index in [-0.39, 0.29) is 6.42 Å². The van der Waals surface area contributed by atoms with Gasteiger partial charge in [-0.05, 0) is 49.4 Å².